The highest BCUT2D eigenvalue weighted by atomic mass is 79.9. The second kappa shape index (κ2) is 10.5. The Morgan fingerprint density at radius 1 is 1.03 bits per heavy atom. The standard InChI is InChI=1S/C27H21Br2NO4/c1-16(2)18-8-10-20(11-9-18)26-30-23(27(32)34-26)14-17-12-21(28)25(22(29)13-17)33-15-24(31)19-6-4-3-5-7-19/h3-14,16H,15H2,1-2H3/b23-14-. The van der Waals surface area contributed by atoms with Gasteiger partial charge in [0.2, 0.25) is 5.90 Å². The predicted molar refractivity (Wildman–Crippen MR) is 139 cm³/mol. The third kappa shape index (κ3) is 5.54. The van der Waals surface area contributed by atoms with E-state index in [2.05, 4.69) is 50.7 Å². The van der Waals surface area contributed by atoms with Crippen LogP contribution >= 0.6 is 31.9 Å². The van der Waals surface area contributed by atoms with Gasteiger partial charge >= 0.3 is 5.97 Å². The molecule has 7 heteroatoms. The number of ketones is 1. The number of benzene rings is 3. The van der Waals surface area contributed by atoms with Crippen LogP contribution in [0.25, 0.3) is 6.08 Å². The van der Waals surface area contributed by atoms with Gasteiger partial charge in [0.05, 0.1) is 8.95 Å². The zero-order chi connectivity index (χ0) is 24.2. The van der Waals surface area contributed by atoms with Crippen LogP contribution in [0.15, 0.2) is 86.4 Å². The van der Waals surface area contributed by atoms with Gasteiger partial charge in [-0.05, 0) is 79.2 Å². The van der Waals surface area contributed by atoms with E-state index in [9.17, 15) is 9.59 Å². The van der Waals surface area contributed by atoms with E-state index in [-0.39, 0.29) is 24.0 Å². The third-order valence-corrected chi connectivity index (χ3v) is 6.39. The number of nitrogens with zero attached hydrogens (tertiary/aromatic N) is 1. The van der Waals surface area contributed by atoms with Gasteiger partial charge in [-0.1, -0.05) is 56.3 Å². The van der Waals surface area contributed by atoms with Crippen LogP contribution in [0.3, 0.4) is 0 Å². The number of carbonyl (C=O) groups excluding carboxylic acids is 2. The maximum absolute atomic E-state index is 12.4. The molecule has 3 aromatic carbocycles. The highest BCUT2D eigenvalue weighted by molar-refractivity contribution is 9.11. The lowest BCUT2D eigenvalue weighted by molar-refractivity contribution is -0.129. The van der Waals surface area contributed by atoms with Crippen molar-refractivity contribution in [2.24, 2.45) is 4.99 Å². The molecule has 172 valence electrons. The van der Waals surface area contributed by atoms with E-state index < -0.39 is 5.97 Å². The second-order valence-corrected chi connectivity index (χ2v) is 9.71. The van der Waals surface area contributed by atoms with Gasteiger partial charge in [0.25, 0.3) is 0 Å². The first-order valence-electron chi connectivity index (χ1n) is 10.6. The molecule has 0 fully saturated rings. The Morgan fingerprint density at radius 2 is 1.68 bits per heavy atom. The van der Waals surface area contributed by atoms with Gasteiger partial charge in [-0.2, -0.15) is 0 Å². The van der Waals surface area contributed by atoms with Crippen LogP contribution in [0.2, 0.25) is 0 Å². The molecule has 1 aliphatic heterocycles. The second-order valence-electron chi connectivity index (χ2n) is 8.00. The highest BCUT2D eigenvalue weighted by Gasteiger charge is 2.24. The van der Waals surface area contributed by atoms with Crippen molar-refractivity contribution < 1.29 is 19.1 Å². The minimum Gasteiger partial charge on any atom is -0.483 e. The molecule has 0 saturated carbocycles. The minimum atomic E-state index is -0.510. The van der Waals surface area contributed by atoms with Gasteiger partial charge in [-0.25, -0.2) is 9.79 Å². The fourth-order valence-corrected chi connectivity index (χ4v) is 4.80. The lowest BCUT2D eigenvalue weighted by Gasteiger charge is -2.11. The molecule has 0 bridgehead atoms. The molecule has 1 heterocycles. The van der Waals surface area contributed by atoms with E-state index in [1.807, 2.05) is 42.5 Å². The minimum absolute atomic E-state index is 0.1000. The summed E-state index contributed by atoms with van der Waals surface area (Å²) in [6.07, 6.45) is 1.65. The summed E-state index contributed by atoms with van der Waals surface area (Å²) in [4.78, 5) is 29.1. The van der Waals surface area contributed by atoms with Crippen molar-refractivity contribution in [3.63, 3.8) is 0 Å². The van der Waals surface area contributed by atoms with Gasteiger partial charge in [0.1, 0.15) is 5.75 Å². The molecule has 0 radical (unpaired) electrons. The van der Waals surface area contributed by atoms with Crippen LogP contribution in [0.1, 0.15) is 46.8 Å². The van der Waals surface area contributed by atoms with Gasteiger partial charge in [0.15, 0.2) is 18.1 Å². The van der Waals surface area contributed by atoms with E-state index in [0.717, 1.165) is 5.56 Å². The first-order chi connectivity index (χ1) is 16.3. The molecule has 0 atom stereocenters. The van der Waals surface area contributed by atoms with Crippen molar-refractivity contribution in [1.82, 2.24) is 0 Å². The van der Waals surface area contributed by atoms with E-state index in [1.54, 1.807) is 30.3 Å². The lowest BCUT2D eigenvalue weighted by Crippen LogP contribution is -2.12. The zero-order valence-corrected chi connectivity index (χ0v) is 21.7. The quantitative estimate of drug-likeness (QED) is 0.172. The topological polar surface area (TPSA) is 65.0 Å². The van der Waals surface area contributed by atoms with Crippen molar-refractivity contribution >= 4 is 55.6 Å². The molecule has 0 unspecified atom stereocenters. The van der Waals surface area contributed by atoms with Crippen molar-refractivity contribution in [3.8, 4) is 5.75 Å². The number of cyclic esters (lactones) is 1. The van der Waals surface area contributed by atoms with Gasteiger partial charge < -0.3 is 9.47 Å². The largest absolute Gasteiger partial charge is 0.483 e. The zero-order valence-electron chi connectivity index (χ0n) is 18.5. The van der Waals surface area contributed by atoms with E-state index in [0.29, 0.717) is 31.7 Å². The predicted octanol–water partition coefficient (Wildman–Crippen LogP) is 6.94. The lowest BCUT2D eigenvalue weighted by atomic mass is 10.0. The number of esters is 1. The van der Waals surface area contributed by atoms with E-state index in [1.165, 1.54) is 5.56 Å². The van der Waals surface area contributed by atoms with Crippen LogP contribution < -0.4 is 4.74 Å². The Balaban J connectivity index is 1.51. The number of hydrogen-bond acceptors (Lipinski definition) is 5. The number of ether oxygens (including phenoxy) is 2. The average molecular weight is 583 g/mol. The maximum atomic E-state index is 12.4. The van der Waals surface area contributed by atoms with E-state index in [4.69, 9.17) is 9.47 Å². The van der Waals surface area contributed by atoms with Crippen molar-refractivity contribution in [1.29, 1.82) is 0 Å². The Kier molecular flexibility index (Phi) is 7.44. The van der Waals surface area contributed by atoms with Crippen LogP contribution in [-0.2, 0) is 9.53 Å². The average Bonchev–Trinajstić information content (AvgIpc) is 3.19. The molecular formula is C27H21Br2NO4. The first-order valence-corrected chi connectivity index (χ1v) is 12.2. The van der Waals surface area contributed by atoms with Crippen LogP contribution in [0, 0.1) is 0 Å². The van der Waals surface area contributed by atoms with Gasteiger partial charge in [-0.15, -0.1) is 0 Å². The Labute approximate surface area is 214 Å². The third-order valence-electron chi connectivity index (χ3n) is 5.21. The molecule has 5 nitrogen and oxygen atoms in total. The van der Waals surface area contributed by atoms with E-state index >= 15 is 0 Å². The molecular weight excluding hydrogens is 562 g/mol. The summed E-state index contributed by atoms with van der Waals surface area (Å²) in [7, 11) is 0. The highest BCUT2D eigenvalue weighted by Crippen LogP contribution is 2.36. The monoisotopic (exact) mass is 581 g/mol. The summed E-state index contributed by atoms with van der Waals surface area (Å²) >= 11 is 6.98. The number of aliphatic imine (C=N–C) groups is 1. The molecule has 3 aromatic rings. The number of hydrogen-bond donors (Lipinski definition) is 0. The summed E-state index contributed by atoms with van der Waals surface area (Å²) in [6.45, 7) is 4.14. The molecule has 0 amide bonds. The maximum Gasteiger partial charge on any atom is 0.363 e. The molecule has 0 aliphatic carbocycles. The smallest absolute Gasteiger partial charge is 0.363 e. The molecule has 0 aromatic heterocycles. The summed E-state index contributed by atoms with van der Waals surface area (Å²) in [6, 6.07) is 20.4. The summed E-state index contributed by atoms with van der Waals surface area (Å²) in [5.74, 6) is 0.559. The fourth-order valence-electron chi connectivity index (χ4n) is 3.35. The first kappa shape index (κ1) is 24.1. The molecule has 0 N–H and O–H groups in total. The van der Waals surface area contributed by atoms with Gasteiger partial charge in [0, 0.05) is 11.1 Å². The molecule has 4 rings (SSSR count). The Morgan fingerprint density at radius 3 is 2.29 bits per heavy atom. The summed E-state index contributed by atoms with van der Waals surface area (Å²) in [5, 5.41) is 0. The normalized spacial score (nSPS) is 14.3. The number of rotatable bonds is 7. The number of Topliss-reactive ketones (excluding diaryl/α,β-unsaturated/α-hetero) is 1. The summed E-state index contributed by atoms with van der Waals surface area (Å²) in [5.41, 5.74) is 3.45. The van der Waals surface area contributed by atoms with Crippen LogP contribution in [0.4, 0.5) is 0 Å². The van der Waals surface area contributed by atoms with Crippen molar-refractivity contribution in [2.45, 2.75) is 19.8 Å². The van der Waals surface area contributed by atoms with Crippen LogP contribution in [0.5, 0.6) is 5.75 Å². The molecule has 34 heavy (non-hydrogen) atoms. The Hall–Kier alpha value is -3.03. The summed E-state index contributed by atoms with van der Waals surface area (Å²) < 4.78 is 12.4. The molecule has 0 saturated heterocycles. The Bertz CT molecular complexity index is 1270. The fraction of sp³-hybridized carbons (Fsp3) is 0.148. The molecule has 0 spiro atoms. The van der Waals surface area contributed by atoms with Gasteiger partial charge in [-0.3, -0.25) is 4.79 Å². The number of carbonyl (C=O) groups is 2. The number of halogens is 2. The van der Waals surface area contributed by atoms with Crippen molar-refractivity contribution in [2.75, 3.05) is 6.61 Å². The molecule has 1 aliphatic rings. The van der Waals surface area contributed by atoms with Crippen molar-refractivity contribution in [3.05, 3.63) is 104 Å². The van der Waals surface area contributed by atoms with Crippen LogP contribution in [-0.4, -0.2) is 24.3 Å². The SMILES string of the molecule is CC(C)c1ccc(C2=N/C(=C\c3cc(Br)c(OCC(=O)c4ccccc4)c(Br)c3)C(=O)O2)cc1.